The standard InChI is InChI=1S/C13H15FN2OS/c1-9-16-12(8-18-9)2-3-15-7-10-4-11(14)6-13(17)5-10/h4-6,8,15,17H,2-3,7H2,1H3. The van der Waals surface area contributed by atoms with Crippen LogP contribution in [-0.4, -0.2) is 16.6 Å². The summed E-state index contributed by atoms with van der Waals surface area (Å²) in [4.78, 5) is 4.36. The van der Waals surface area contributed by atoms with E-state index in [4.69, 9.17) is 0 Å². The van der Waals surface area contributed by atoms with E-state index in [1.807, 2.05) is 12.3 Å². The largest absolute Gasteiger partial charge is 0.508 e. The van der Waals surface area contributed by atoms with Crippen LogP contribution in [0.25, 0.3) is 0 Å². The molecule has 1 aromatic carbocycles. The third-order valence-corrected chi connectivity index (χ3v) is 3.32. The number of nitrogens with zero attached hydrogens (tertiary/aromatic N) is 1. The lowest BCUT2D eigenvalue weighted by Gasteiger charge is -2.04. The van der Waals surface area contributed by atoms with E-state index < -0.39 is 5.82 Å². The first-order chi connectivity index (χ1) is 8.63. The highest BCUT2D eigenvalue weighted by molar-refractivity contribution is 7.09. The van der Waals surface area contributed by atoms with Gasteiger partial charge in [0.1, 0.15) is 11.6 Å². The monoisotopic (exact) mass is 266 g/mol. The molecule has 0 atom stereocenters. The van der Waals surface area contributed by atoms with Crippen molar-refractivity contribution in [1.29, 1.82) is 0 Å². The van der Waals surface area contributed by atoms with Gasteiger partial charge in [-0.25, -0.2) is 9.37 Å². The number of aryl methyl sites for hydroxylation is 1. The van der Waals surface area contributed by atoms with Crippen LogP contribution in [0.5, 0.6) is 5.75 Å². The number of nitrogens with one attached hydrogen (secondary N) is 1. The van der Waals surface area contributed by atoms with E-state index in [2.05, 4.69) is 10.3 Å². The van der Waals surface area contributed by atoms with E-state index in [0.717, 1.165) is 35.3 Å². The van der Waals surface area contributed by atoms with Gasteiger partial charge in [-0.1, -0.05) is 0 Å². The average Bonchev–Trinajstić information content (AvgIpc) is 2.69. The molecule has 2 aromatic rings. The van der Waals surface area contributed by atoms with Crippen molar-refractivity contribution in [2.24, 2.45) is 0 Å². The van der Waals surface area contributed by atoms with Crippen LogP contribution in [0.2, 0.25) is 0 Å². The van der Waals surface area contributed by atoms with E-state index in [1.54, 1.807) is 17.4 Å². The highest BCUT2D eigenvalue weighted by Crippen LogP contribution is 2.14. The summed E-state index contributed by atoms with van der Waals surface area (Å²) in [5.74, 6) is -0.455. The molecule has 0 fully saturated rings. The number of thiazole rings is 1. The van der Waals surface area contributed by atoms with Crippen LogP contribution in [0.15, 0.2) is 23.6 Å². The maximum absolute atomic E-state index is 13.0. The molecule has 0 saturated carbocycles. The molecule has 0 spiro atoms. The topological polar surface area (TPSA) is 45.2 Å². The number of rotatable bonds is 5. The maximum Gasteiger partial charge on any atom is 0.127 e. The molecule has 0 saturated heterocycles. The fourth-order valence-electron chi connectivity index (χ4n) is 1.71. The maximum atomic E-state index is 13.0. The number of benzene rings is 1. The molecule has 0 aliphatic heterocycles. The van der Waals surface area contributed by atoms with Crippen LogP contribution >= 0.6 is 11.3 Å². The molecule has 0 aliphatic carbocycles. The van der Waals surface area contributed by atoms with Gasteiger partial charge in [-0.2, -0.15) is 0 Å². The molecular formula is C13H15FN2OS. The van der Waals surface area contributed by atoms with Gasteiger partial charge in [0.2, 0.25) is 0 Å². The van der Waals surface area contributed by atoms with Crippen molar-refractivity contribution in [2.45, 2.75) is 19.9 Å². The molecule has 5 heteroatoms. The molecule has 0 radical (unpaired) electrons. The number of aromatic nitrogens is 1. The van der Waals surface area contributed by atoms with E-state index >= 15 is 0 Å². The van der Waals surface area contributed by atoms with Gasteiger partial charge >= 0.3 is 0 Å². The molecule has 0 unspecified atom stereocenters. The van der Waals surface area contributed by atoms with E-state index in [1.165, 1.54) is 6.07 Å². The molecule has 1 aromatic heterocycles. The second-order valence-electron chi connectivity index (χ2n) is 4.10. The Balaban J connectivity index is 1.78. The molecular weight excluding hydrogens is 251 g/mol. The second kappa shape index (κ2) is 5.93. The third-order valence-electron chi connectivity index (χ3n) is 2.50. The predicted octanol–water partition coefficient (Wildman–Crippen LogP) is 2.63. The number of hydrogen-bond donors (Lipinski definition) is 2. The zero-order chi connectivity index (χ0) is 13.0. The number of halogens is 1. The summed E-state index contributed by atoms with van der Waals surface area (Å²) in [6.45, 7) is 3.30. The van der Waals surface area contributed by atoms with Crippen LogP contribution < -0.4 is 5.32 Å². The van der Waals surface area contributed by atoms with Crippen molar-refractivity contribution in [3.05, 3.63) is 45.7 Å². The van der Waals surface area contributed by atoms with Crippen LogP contribution in [0.3, 0.4) is 0 Å². The van der Waals surface area contributed by atoms with Crippen molar-refractivity contribution in [2.75, 3.05) is 6.54 Å². The minimum Gasteiger partial charge on any atom is -0.508 e. The molecule has 0 bridgehead atoms. The molecule has 2 N–H and O–H groups in total. The lowest BCUT2D eigenvalue weighted by molar-refractivity contribution is 0.467. The van der Waals surface area contributed by atoms with Gasteiger partial charge in [0, 0.05) is 31.0 Å². The smallest absolute Gasteiger partial charge is 0.127 e. The Labute approximate surface area is 109 Å². The van der Waals surface area contributed by atoms with Gasteiger partial charge in [-0.15, -0.1) is 11.3 Å². The quantitative estimate of drug-likeness (QED) is 0.818. The fraction of sp³-hybridized carbons (Fsp3) is 0.308. The van der Waals surface area contributed by atoms with Crippen LogP contribution in [-0.2, 0) is 13.0 Å². The van der Waals surface area contributed by atoms with Crippen LogP contribution in [0.1, 0.15) is 16.3 Å². The van der Waals surface area contributed by atoms with Crippen molar-refractivity contribution < 1.29 is 9.50 Å². The molecule has 18 heavy (non-hydrogen) atoms. The zero-order valence-electron chi connectivity index (χ0n) is 10.1. The number of aromatic hydroxyl groups is 1. The van der Waals surface area contributed by atoms with Crippen molar-refractivity contribution in [1.82, 2.24) is 10.3 Å². The molecule has 96 valence electrons. The van der Waals surface area contributed by atoms with Gasteiger partial charge < -0.3 is 10.4 Å². The fourth-order valence-corrected chi connectivity index (χ4v) is 2.35. The Bertz CT molecular complexity index is 507. The number of phenolic OH excluding ortho intramolecular Hbond substituents is 1. The average molecular weight is 266 g/mol. The normalized spacial score (nSPS) is 10.8. The summed E-state index contributed by atoms with van der Waals surface area (Å²) in [5.41, 5.74) is 1.81. The summed E-state index contributed by atoms with van der Waals surface area (Å²) in [5, 5.41) is 15.6. The van der Waals surface area contributed by atoms with E-state index in [0.29, 0.717) is 6.54 Å². The third kappa shape index (κ3) is 3.78. The Morgan fingerprint density at radius 3 is 2.89 bits per heavy atom. The second-order valence-corrected chi connectivity index (χ2v) is 5.16. The first-order valence-electron chi connectivity index (χ1n) is 5.73. The van der Waals surface area contributed by atoms with Crippen LogP contribution in [0, 0.1) is 12.7 Å². The van der Waals surface area contributed by atoms with Gasteiger partial charge in [0.25, 0.3) is 0 Å². The lowest BCUT2D eigenvalue weighted by atomic mass is 10.2. The highest BCUT2D eigenvalue weighted by Gasteiger charge is 2.01. The molecule has 1 heterocycles. The summed E-state index contributed by atoms with van der Waals surface area (Å²) < 4.78 is 13.0. The van der Waals surface area contributed by atoms with Gasteiger partial charge in [-0.05, 0) is 24.6 Å². The summed E-state index contributed by atoms with van der Waals surface area (Å²) in [7, 11) is 0. The minimum absolute atomic E-state index is 0.0399. The summed E-state index contributed by atoms with van der Waals surface area (Å²) >= 11 is 1.64. The van der Waals surface area contributed by atoms with Gasteiger partial charge in [0.15, 0.2) is 0 Å². The number of phenols is 1. The minimum atomic E-state index is -0.415. The Morgan fingerprint density at radius 1 is 1.39 bits per heavy atom. The van der Waals surface area contributed by atoms with Gasteiger partial charge in [-0.3, -0.25) is 0 Å². The SMILES string of the molecule is Cc1nc(CCNCc2cc(O)cc(F)c2)cs1. The van der Waals surface area contributed by atoms with Crippen LogP contribution in [0.4, 0.5) is 4.39 Å². The lowest BCUT2D eigenvalue weighted by Crippen LogP contribution is -2.16. The van der Waals surface area contributed by atoms with Crippen molar-refractivity contribution in [3.63, 3.8) is 0 Å². The van der Waals surface area contributed by atoms with Gasteiger partial charge in [0.05, 0.1) is 10.7 Å². The van der Waals surface area contributed by atoms with E-state index in [-0.39, 0.29) is 5.75 Å². The molecule has 0 amide bonds. The first-order valence-corrected chi connectivity index (χ1v) is 6.61. The highest BCUT2D eigenvalue weighted by atomic mass is 32.1. The molecule has 2 rings (SSSR count). The summed E-state index contributed by atoms with van der Waals surface area (Å²) in [6, 6.07) is 4.07. The first kappa shape index (κ1) is 13.0. The Kier molecular flexibility index (Phi) is 4.28. The predicted molar refractivity (Wildman–Crippen MR) is 70.3 cm³/mol. The Morgan fingerprint density at radius 2 is 2.22 bits per heavy atom. The summed E-state index contributed by atoms with van der Waals surface area (Å²) in [6.07, 6.45) is 0.853. The molecule has 0 aliphatic rings. The molecule has 3 nitrogen and oxygen atoms in total. The Hall–Kier alpha value is -1.46. The van der Waals surface area contributed by atoms with E-state index in [9.17, 15) is 9.50 Å². The zero-order valence-corrected chi connectivity index (χ0v) is 10.9. The van der Waals surface area contributed by atoms with Crippen molar-refractivity contribution >= 4 is 11.3 Å². The number of hydrogen-bond acceptors (Lipinski definition) is 4. The van der Waals surface area contributed by atoms with Crippen molar-refractivity contribution in [3.8, 4) is 5.75 Å².